The number of hydrogen-bond donors (Lipinski definition) is 0. The van der Waals surface area contributed by atoms with Crippen LogP contribution in [0.15, 0.2) is 0 Å². The van der Waals surface area contributed by atoms with Crippen LogP contribution < -0.4 is 19.6 Å². The van der Waals surface area contributed by atoms with Crippen molar-refractivity contribution in [3.63, 3.8) is 0 Å². The maximum absolute atomic E-state index is 15.4. The molecule has 2 aromatic heterocycles. The highest BCUT2D eigenvalue weighted by molar-refractivity contribution is 5.59. The number of rotatable bonds is 2. The van der Waals surface area contributed by atoms with Crippen LogP contribution in [0.3, 0.4) is 0 Å². The Labute approximate surface area is 257 Å². The Morgan fingerprint density at radius 3 is 0.688 bits per heavy atom. The Kier molecular flexibility index (Phi) is 9.66. The molecule has 0 radical (unpaired) electrons. The lowest BCUT2D eigenvalue weighted by molar-refractivity contribution is -0.351. The molecule has 48 heavy (non-hydrogen) atoms. The maximum atomic E-state index is 15.4. The molecule has 1 aliphatic rings. The zero-order valence-corrected chi connectivity index (χ0v) is 24.3. The summed E-state index contributed by atoms with van der Waals surface area (Å²) in [7, 11) is 2.65. The van der Waals surface area contributed by atoms with E-state index in [1.54, 1.807) is 0 Å². The molecule has 0 saturated heterocycles. The molecule has 0 unspecified atom stereocenters. The average molecular weight is 734 g/mol. The molecule has 0 fully saturated rings. The Bertz CT molecular complexity index is 1320. The number of halogens is 18. The summed E-state index contributed by atoms with van der Waals surface area (Å²) in [5, 5.41) is 0. The van der Waals surface area contributed by atoms with Crippen molar-refractivity contribution in [3.8, 4) is 0 Å². The van der Waals surface area contributed by atoms with Gasteiger partial charge in [0.15, 0.2) is 46.5 Å². The van der Waals surface area contributed by atoms with Crippen LogP contribution in [0.1, 0.15) is 11.1 Å². The van der Waals surface area contributed by atoms with E-state index >= 15 is 26.3 Å². The highest BCUT2D eigenvalue weighted by Gasteiger charge is 2.77. The predicted molar refractivity (Wildman–Crippen MR) is 131 cm³/mol. The van der Waals surface area contributed by atoms with E-state index in [9.17, 15) is 52.7 Å². The molecule has 0 saturated carbocycles. The smallest absolute Gasteiger partial charge is 0.355 e. The highest BCUT2D eigenvalue weighted by atomic mass is 19.4. The molecule has 0 amide bonds. The van der Waals surface area contributed by atoms with Crippen molar-refractivity contribution in [1.82, 2.24) is 9.97 Å². The number of alkyl halides is 14. The lowest BCUT2D eigenvalue weighted by Crippen LogP contribution is -2.52. The maximum Gasteiger partial charge on any atom is 0.436 e. The van der Waals surface area contributed by atoms with Crippen LogP contribution in [0, 0.1) is 23.3 Å². The van der Waals surface area contributed by atoms with Crippen molar-refractivity contribution >= 4 is 23.3 Å². The number of hydrogen-bond acceptors (Lipinski definition) is 6. The zero-order chi connectivity index (χ0) is 37.3. The van der Waals surface area contributed by atoms with Crippen molar-refractivity contribution in [1.29, 1.82) is 0 Å². The third-order valence-electron chi connectivity index (χ3n) is 7.33. The van der Waals surface area contributed by atoms with Crippen molar-refractivity contribution < 1.29 is 79.0 Å². The molecule has 0 aliphatic carbocycles. The van der Waals surface area contributed by atoms with Crippen molar-refractivity contribution in [3.05, 3.63) is 34.4 Å². The summed E-state index contributed by atoms with van der Waals surface area (Å²) >= 11 is 0. The number of fused-ring (bicyclic) bond motifs is 4. The number of anilines is 4. The van der Waals surface area contributed by atoms with Crippen LogP contribution in [-0.4, -0.2) is 89.0 Å². The summed E-state index contributed by atoms with van der Waals surface area (Å²) < 4.78 is 255. The van der Waals surface area contributed by atoms with Crippen LogP contribution in [0.4, 0.5) is 102 Å². The first-order valence-corrected chi connectivity index (χ1v) is 12.7. The molecule has 4 bridgehead atoms. The number of likely N-dealkylation sites (N-methyl/N-ethyl adjacent to an activating group) is 4. The quantitative estimate of drug-likeness (QED) is 0.308. The van der Waals surface area contributed by atoms with Gasteiger partial charge in [0.2, 0.25) is 0 Å². The van der Waals surface area contributed by atoms with Crippen LogP contribution in [-0.2, 0) is 11.3 Å². The Morgan fingerprint density at radius 1 is 0.375 bits per heavy atom. The molecule has 0 aromatic carbocycles. The van der Waals surface area contributed by atoms with E-state index in [0.29, 0.717) is 47.8 Å². The normalized spacial score (nSPS) is 16.5. The van der Waals surface area contributed by atoms with Gasteiger partial charge in [-0.1, -0.05) is 0 Å². The third-order valence-corrected chi connectivity index (χ3v) is 7.33. The molecule has 3 heterocycles. The lowest BCUT2D eigenvalue weighted by Gasteiger charge is -2.35. The lowest BCUT2D eigenvalue weighted by atomic mass is 9.93. The molecule has 0 N–H and O–H groups in total. The second kappa shape index (κ2) is 12.0. The monoisotopic (exact) mass is 734 g/mol. The van der Waals surface area contributed by atoms with E-state index in [4.69, 9.17) is 0 Å². The number of aromatic nitrogens is 2. The first kappa shape index (κ1) is 38.7. The van der Waals surface area contributed by atoms with Gasteiger partial charge in [-0.15, -0.1) is 0 Å². The average Bonchev–Trinajstić information content (AvgIpc) is 2.91. The second-order valence-corrected chi connectivity index (χ2v) is 10.5. The molecule has 0 atom stereocenters. The molecule has 1 aliphatic heterocycles. The molecule has 24 heteroatoms. The van der Waals surface area contributed by atoms with Gasteiger partial charge in [-0.05, 0) is 0 Å². The van der Waals surface area contributed by atoms with Gasteiger partial charge >= 0.3 is 36.0 Å². The fourth-order valence-electron chi connectivity index (χ4n) is 4.57. The first-order chi connectivity index (χ1) is 21.5. The predicted octanol–water partition coefficient (Wildman–Crippen LogP) is 7.07. The van der Waals surface area contributed by atoms with Crippen molar-refractivity contribution in [2.24, 2.45) is 0 Å². The molecule has 2 aromatic rings. The van der Waals surface area contributed by atoms with Gasteiger partial charge in [0.1, 0.15) is 0 Å². The van der Waals surface area contributed by atoms with Crippen LogP contribution >= 0.6 is 0 Å². The number of nitrogens with zero attached hydrogens (tertiary/aromatic N) is 6. The van der Waals surface area contributed by atoms with E-state index in [1.807, 2.05) is 0 Å². The van der Waals surface area contributed by atoms with E-state index in [2.05, 4.69) is 9.97 Å². The SMILES string of the molecule is CN1CCN(C)c2nc(c(F)c(C(F)(C(F)(F)F)C(F)(F)F)c2F)N(C)CCN(C)c2nc1c(F)c(C(F)(C(F)(F)F)C(F)(F)F)c2F. The Balaban J connectivity index is 2.36. The minimum atomic E-state index is -7.01. The zero-order valence-electron chi connectivity index (χ0n) is 24.3. The summed E-state index contributed by atoms with van der Waals surface area (Å²) in [6.07, 6.45) is -28.1. The van der Waals surface area contributed by atoms with Crippen molar-refractivity contribution in [2.75, 3.05) is 74.0 Å². The molecule has 6 nitrogen and oxygen atoms in total. The molecular formula is C24H20F18N6. The van der Waals surface area contributed by atoms with Crippen LogP contribution in [0.25, 0.3) is 0 Å². The van der Waals surface area contributed by atoms with E-state index in [1.165, 1.54) is 0 Å². The second-order valence-electron chi connectivity index (χ2n) is 10.5. The summed E-state index contributed by atoms with van der Waals surface area (Å²) in [6, 6.07) is 0. The van der Waals surface area contributed by atoms with Gasteiger partial charge in [-0.3, -0.25) is 0 Å². The molecule has 0 spiro atoms. The Hall–Kier alpha value is -3.76. The first-order valence-electron chi connectivity index (χ1n) is 12.7. The fraction of sp³-hybridized carbons (Fsp3) is 0.583. The largest absolute Gasteiger partial charge is 0.436 e. The van der Waals surface area contributed by atoms with Crippen LogP contribution in [0.5, 0.6) is 0 Å². The highest BCUT2D eigenvalue weighted by Crippen LogP contribution is 2.57. The topological polar surface area (TPSA) is 38.7 Å². The van der Waals surface area contributed by atoms with Crippen molar-refractivity contribution in [2.45, 2.75) is 36.0 Å². The third kappa shape index (κ3) is 5.91. The Morgan fingerprint density at radius 2 is 0.542 bits per heavy atom. The summed E-state index contributed by atoms with van der Waals surface area (Å²) in [5.41, 5.74) is -19.7. The van der Waals surface area contributed by atoms with Gasteiger partial charge in [-0.25, -0.2) is 36.3 Å². The van der Waals surface area contributed by atoms with Gasteiger partial charge in [0.05, 0.1) is 11.1 Å². The number of pyridine rings is 2. The van der Waals surface area contributed by atoms with E-state index in [-0.39, 0.29) is 0 Å². The fourth-order valence-corrected chi connectivity index (χ4v) is 4.57. The van der Waals surface area contributed by atoms with E-state index < -0.39 is 120 Å². The summed E-state index contributed by atoms with van der Waals surface area (Å²) in [4.78, 5) is 7.99. The van der Waals surface area contributed by atoms with Gasteiger partial charge in [0, 0.05) is 54.4 Å². The van der Waals surface area contributed by atoms with Crippen LogP contribution in [0.2, 0.25) is 0 Å². The van der Waals surface area contributed by atoms with Gasteiger partial charge in [0.25, 0.3) is 0 Å². The summed E-state index contributed by atoms with van der Waals surface area (Å²) in [6.45, 7) is -4.04. The molecular weight excluding hydrogens is 714 g/mol. The van der Waals surface area contributed by atoms with Gasteiger partial charge in [-0.2, -0.15) is 52.7 Å². The minimum absolute atomic E-state index is 0.311. The molecule has 3 rings (SSSR count). The minimum Gasteiger partial charge on any atom is -0.355 e. The van der Waals surface area contributed by atoms with Gasteiger partial charge < -0.3 is 19.6 Å². The van der Waals surface area contributed by atoms with E-state index in [0.717, 1.165) is 0 Å². The standard InChI is InChI=1S/C24H20F18N6/c1-45-5-6-46(2)17-13(27)10(20(30,23(37,38)39)24(40,41)42)14(28)18(44-17)48(4)8-7-47(3)16-12(26)9(11(25)15(45)43-16)19(29,21(31,32)33)22(34,35)36/h5-8H2,1-4H3. The molecule has 272 valence electrons. The summed E-state index contributed by atoms with van der Waals surface area (Å²) in [5.74, 6) is -17.6.